The van der Waals surface area contributed by atoms with Gasteiger partial charge in [0.25, 0.3) is 5.56 Å². The lowest BCUT2D eigenvalue weighted by Crippen LogP contribution is -2.30. The molecule has 1 aromatic heterocycles. The van der Waals surface area contributed by atoms with E-state index in [1.807, 2.05) is 6.92 Å². The van der Waals surface area contributed by atoms with Gasteiger partial charge in [-0.3, -0.25) is 9.59 Å². The molecule has 0 fully saturated rings. The molecule has 10 heteroatoms. The van der Waals surface area contributed by atoms with Crippen LogP contribution in [0.1, 0.15) is 5.56 Å². The van der Waals surface area contributed by atoms with Gasteiger partial charge in [0, 0.05) is 6.07 Å². The van der Waals surface area contributed by atoms with Crippen LogP contribution in [0.2, 0.25) is 5.02 Å². The first-order valence-corrected chi connectivity index (χ1v) is 10.6. The van der Waals surface area contributed by atoms with Gasteiger partial charge in [0.15, 0.2) is 5.03 Å². The fourth-order valence-corrected chi connectivity index (χ4v) is 4.13. The van der Waals surface area contributed by atoms with Crippen LogP contribution < -0.4 is 15.6 Å². The van der Waals surface area contributed by atoms with Crippen molar-refractivity contribution in [1.82, 2.24) is 9.78 Å². The number of hydrogen-bond acceptors (Lipinski definition) is 6. The van der Waals surface area contributed by atoms with Gasteiger partial charge in [-0.15, -0.1) is 0 Å². The van der Waals surface area contributed by atoms with Crippen LogP contribution in [0.15, 0.2) is 69.3 Å². The summed E-state index contributed by atoms with van der Waals surface area (Å²) in [6.45, 7) is 1.37. The second kappa shape index (κ2) is 8.68. The van der Waals surface area contributed by atoms with E-state index in [4.69, 9.17) is 16.3 Å². The van der Waals surface area contributed by atoms with E-state index >= 15 is 0 Å². The van der Waals surface area contributed by atoms with Crippen LogP contribution in [0.4, 0.5) is 5.69 Å². The number of carbonyl (C=O) groups excluding carboxylic acids is 1. The number of hydrogen-bond donors (Lipinski definition) is 1. The van der Waals surface area contributed by atoms with Gasteiger partial charge < -0.3 is 10.1 Å². The highest BCUT2D eigenvalue weighted by Gasteiger charge is 2.21. The average molecular weight is 448 g/mol. The maximum Gasteiger partial charge on any atom is 0.267 e. The molecule has 0 atom stereocenters. The molecular weight excluding hydrogens is 430 g/mol. The topological polar surface area (TPSA) is 107 Å². The van der Waals surface area contributed by atoms with E-state index in [9.17, 15) is 18.0 Å². The van der Waals surface area contributed by atoms with E-state index in [0.717, 1.165) is 22.4 Å². The lowest BCUT2D eigenvalue weighted by molar-refractivity contribution is -0.117. The van der Waals surface area contributed by atoms with Crippen molar-refractivity contribution in [2.24, 2.45) is 0 Å². The molecule has 30 heavy (non-hydrogen) atoms. The number of nitrogens with one attached hydrogen (secondary N) is 1. The molecule has 0 radical (unpaired) electrons. The van der Waals surface area contributed by atoms with E-state index < -0.39 is 27.8 Å². The molecule has 1 heterocycles. The molecular formula is C20H18ClN3O5S. The van der Waals surface area contributed by atoms with Crippen LogP contribution in [0, 0.1) is 6.92 Å². The molecule has 8 nitrogen and oxygen atoms in total. The Labute approximate surface area is 178 Å². The highest BCUT2D eigenvalue weighted by Crippen LogP contribution is 2.23. The molecule has 3 aromatic rings. The summed E-state index contributed by atoms with van der Waals surface area (Å²) in [5.74, 6) is -0.218. The summed E-state index contributed by atoms with van der Waals surface area (Å²) in [6.07, 6.45) is 0. The summed E-state index contributed by atoms with van der Waals surface area (Å²) in [5, 5.41) is 6.44. The van der Waals surface area contributed by atoms with Gasteiger partial charge in [-0.2, -0.15) is 5.10 Å². The van der Waals surface area contributed by atoms with Crippen molar-refractivity contribution in [2.75, 3.05) is 12.4 Å². The predicted octanol–water partition coefficient (Wildman–Crippen LogP) is 2.69. The third-order valence-corrected chi connectivity index (χ3v) is 6.12. The molecule has 0 aliphatic heterocycles. The first kappa shape index (κ1) is 21.5. The van der Waals surface area contributed by atoms with Crippen LogP contribution in [-0.4, -0.2) is 31.2 Å². The molecule has 3 rings (SSSR count). The lowest BCUT2D eigenvalue weighted by Gasteiger charge is -2.10. The SMILES string of the molecule is COc1cccc(S(=O)(=O)c2ccc(=O)n(CC(=O)Nc3ccc(C)cc3Cl)n2)c1. The quantitative estimate of drug-likeness (QED) is 0.622. The van der Waals surface area contributed by atoms with E-state index in [1.54, 1.807) is 24.3 Å². The molecule has 2 aromatic carbocycles. The Morgan fingerprint density at radius 3 is 2.63 bits per heavy atom. The maximum absolute atomic E-state index is 12.9. The van der Waals surface area contributed by atoms with E-state index in [2.05, 4.69) is 10.4 Å². The van der Waals surface area contributed by atoms with E-state index in [-0.39, 0.29) is 9.92 Å². The van der Waals surface area contributed by atoms with Gasteiger partial charge in [-0.1, -0.05) is 23.7 Å². The molecule has 1 N–H and O–H groups in total. The van der Waals surface area contributed by atoms with Gasteiger partial charge in [-0.05, 0) is 48.9 Å². The number of ether oxygens (including phenoxy) is 1. The van der Waals surface area contributed by atoms with Gasteiger partial charge in [-0.25, -0.2) is 13.1 Å². The summed E-state index contributed by atoms with van der Waals surface area (Å²) in [7, 11) is -2.60. The van der Waals surface area contributed by atoms with E-state index in [0.29, 0.717) is 16.5 Å². The van der Waals surface area contributed by atoms with Gasteiger partial charge >= 0.3 is 0 Å². The number of benzene rings is 2. The van der Waals surface area contributed by atoms with Crippen molar-refractivity contribution in [3.05, 3.63) is 75.5 Å². The maximum atomic E-state index is 12.9. The van der Waals surface area contributed by atoms with Crippen molar-refractivity contribution >= 4 is 33.0 Å². The second-order valence-corrected chi connectivity index (χ2v) is 8.69. The minimum Gasteiger partial charge on any atom is -0.497 e. The largest absolute Gasteiger partial charge is 0.497 e. The van der Waals surface area contributed by atoms with Crippen LogP contribution in [0.3, 0.4) is 0 Å². The number of amides is 1. The minimum absolute atomic E-state index is 0.0459. The molecule has 0 aliphatic carbocycles. The predicted molar refractivity (Wildman–Crippen MR) is 112 cm³/mol. The third kappa shape index (κ3) is 4.69. The fourth-order valence-electron chi connectivity index (χ4n) is 2.62. The average Bonchev–Trinajstić information content (AvgIpc) is 2.71. The molecule has 1 amide bonds. The van der Waals surface area contributed by atoms with Gasteiger partial charge in [0.2, 0.25) is 15.7 Å². The summed E-state index contributed by atoms with van der Waals surface area (Å²) >= 11 is 6.10. The summed E-state index contributed by atoms with van der Waals surface area (Å²) in [5.41, 5.74) is 0.677. The van der Waals surface area contributed by atoms with Crippen LogP contribution in [0.5, 0.6) is 5.75 Å². The normalized spacial score (nSPS) is 11.2. The summed E-state index contributed by atoms with van der Waals surface area (Å²) in [4.78, 5) is 24.4. The van der Waals surface area contributed by atoms with Crippen LogP contribution >= 0.6 is 11.6 Å². The number of methoxy groups -OCH3 is 1. The first-order valence-electron chi connectivity index (χ1n) is 8.74. The van der Waals surface area contributed by atoms with Crippen molar-refractivity contribution in [1.29, 1.82) is 0 Å². The first-order chi connectivity index (χ1) is 14.2. The van der Waals surface area contributed by atoms with Crippen molar-refractivity contribution in [2.45, 2.75) is 23.4 Å². The standard InChI is InChI=1S/C20H18ClN3O5S/c1-13-6-7-17(16(21)10-13)22-18(25)12-24-20(26)9-8-19(23-24)30(27,28)15-5-3-4-14(11-15)29-2/h3-11H,12H2,1-2H3,(H,22,25). The minimum atomic E-state index is -4.02. The molecule has 0 spiro atoms. The number of carbonyl (C=O) groups is 1. The Morgan fingerprint density at radius 2 is 1.93 bits per heavy atom. The van der Waals surface area contributed by atoms with Crippen LogP contribution in [-0.2, 0) is 21.2 Å². The second-order valence-electron chi connectivity index (χ2n) is 6.38. The fraction of sp³-hybridized carbons (Fsp3) is 0.150. The van der Waals surface area contributed by atoms with Crippen molar-refractivity contribution in [3.8, 4) is 5.75 Å². The monoisotopic (exact) mass is 447 g/mol. The number of sulfone groups is 1. The van der Waals surface area contributed by atoms with Gasteiger partial charge in [0.05, 0.1) is 22.7 Å². The molecule has 0 saturated heterocycles. The molecule has 0 aliphatic rings. The van der Waals surface area contributed by atoms with Crippen LogP contribution in [0.25, 0.3) is 0 Å². The highest BCUT2D eigenvalue weighted by atomic mass is 35.5. The number of anilines is 1. The highest BCUT2D eigenvalue weighted by molar-refractivity contribution is 7.91. The smallest absolute Gasteiger partial charge is 0.267 e. The number of halogens is 1. The Kier molecular flexibility index (Phi) is 6.23. The zero-order valence-corrected chi connectivity index (χ0v) is 17.7. The zero-order chi connectivity index (χ0) is 21.9. The Morgan fingerprint density at radius 1 is 1.17 bits per heavy atom. The molecule has 156 valence electrons. The molecule has 0 bridgehead atoms. The Balaban J connectivity index is 1.87. The number of aromatic nitrogens is 2. The van der Waals surface area contributed by atoms with Crippen molar-refractivity contribution < 1.29 is 17.9 Å². The number of nitrogens with zero attached hydrogens (tertiary/aromatic N) is 2. The number of rotatable bonds is 6. The Hall–Kier alpha value is -3.17. The number of aryl methyl sites for hydroxylation is 1. The summed E-state index contributed by atoms with van der Waals surface area (Å²) < 4.78 is 31.6. The lowest BCUT2D eigenvalue weighted by atomic mass is 10.2. The zero-order valence-electron chi connectivity index (χ0n) is 16.1. The molecule has 0 unspecified atom stereocenters. The Bertz CT molecular complexity index is 1270. The van der Waals surface area contributed by atoms with E-state index in [1.165, 1.54) is 25.3 Å². The molecule has 0 saturated carbocycles. The van der Waals surface area contributed by atoms with Gasteiger partial charge in [0.1, 0.15) is 12.3 Å². The summed E-state index contributed by atoms with van der Waals surface area (Å²) in [6, 6.07) is 13.1. The third-order valence-electron chi connectivity index (χ3n) is 4.16. The van der Waals surface area contributed by atoms with Crippen molar-refractivity contribution in [3.63, 3.8) is 0 Å².